The van der Waals surface area contributed by atoms with Crippen molar-refractivity contribution < 1.29 is 109 Å². The second kappa shape index (κ2) is 13.9. The van der Waals surface area contributed by atoms with Gasteiger partial charge in [0.2, 0.25) is 11.5 Å². The molecule has 22 nitrogen and oxygen atoms in total. The summed E-state index contributed by atoms with van der Waals surface area (Å²) in [7, 11) is 0. The Labute approximate surface area is 309 Å². The van der Waals surface area contributed by atoms with E-state index >= 15 is 0 Å². The van der Waals surface area contributed by atoms with Gasteiger partial charge in [0.1, 0.15) is 12.7 Å². The van der Waals surface area contributed by atoms with Crippen molar-refractivity contribution in [2.45, 2.75) is 30.7 Å². The van der Waals surface area contributed by atoms with Crippen molar-refractivity contribution in [1.82, 2.24) is 0 Å². The molecule has 0 amide bonds. The number of rotatable bonds is 4. The molecule has 1 fully saturated rings. The first-order chi connectivity index (χ1) is 26.3. The monoisotopic (exact) mass is 786 g/mol. The van der Waals surface area contributed by atoms with Crippen LogP contribution in [0.1, 0.15) is 41.4 Å². The van der Waals surface area contributed by atoms with Gasteiger partial charge in [0.05, 0.1) is 22.3 Å². The Bertz CT molecular complexity index is 2290. The normalized spacial score (nSPS) is 20.6. The van der Waals surface area contributed by atoms with Crippen LogP contribution < -0.4 is 0 Å². The molecule has 13 N–H and O–H groups in total. The van der Waals surface area contributed by atoms with Crippen LogP contribution in [0.25, 0.3) is 11.1 Å². The molecule has 0 aliphatic carbocycles. The van der Waals surface area contributed by atoms with Crippen molar-refractivity contribution in [3.8, 4) is 80.1 Å². The summed E-state index contributed by atoms with van der Waals surface area (Å²) in [6.45, 7) is -1.09. The molecule has 22 heteroatoms. The third kappa shape index (κ3) is 6.45. The van der Waals surface area contributed by atoms with Gasteiger partial charge in [-0.1, -0.05) is 0 Å². The number of hydrogen-bond donors (Lipinski definition) is 13. The van der Waals surface area contributed by atoms with Gasteiger partial charge in [0, 0.05) is 11.1 Å². The van der Waals surface area contributed by atoms with E-state index in [1.54, 1.807) is 0 Å². The zero-order valence-electron chi connectivity index (χ0n) is 27.5. The lowest BCUT2D eigenvalue weighted by atomic mass is 9.92. The largest absolute Gasteiger partial charge is 0.504 e. The average Bonchev–Trinajstić information content (AvgIpc) is 3.16. The Kier molecular flexibility index (Phi) is 9.45. The molecule has 56 heavy (non-hydrogen) atoms. The van der Waals surface area contributed by atoms with Gasteiger partial charge in [-0.2, -0.15) is 0 Å². The number of aromatic hydroxyl groups is 12. The minimum atomic E-state index is -2.42. The van der Waals surface area contributed by atoms with E-state index < -0.39 is 164 Å². The topological polar surface area (TPSA) is 377 Å². The number of ether oxygens (including phenoxy) is 5. The molecule has 0 aromatic heterocycles. The molecule has 5 atom stereocenters. The summed E-state index contributed by atoms with van der Waals surface area (Å²) in [5.74, 6) is -20.2. The fourth-order valence-electron chi connectivity index (χ4n) is 5.80. The summed E-state index contributed by atoms with van der Waals surface area (Å²) in [5.41, 5.74) is -5.28. The molecule has 5 unspecified atom stereocenters. The molecular weight excluding hydrogens is 760 g/mol. The van der Waals surface area contributed by atoms with Crippen LogP contribution in [0, 0.1) is 0 Å². The number of phenolic OH excluding ortho intramolecular Hbond substituents is 12. The van der Waals surface area contributed by atoms with Crippen LogP contribution in [0.2, 0.25) is 0 Å². The van der Waals surface area contributed by atoms with Crippen molar-refractivity contribution in [3.05, 3.63) is 58.7 Å². The molecule has 4 aromatic rings. The number of aliphatic hydroxyl groups is 1. The predicted molar refractivity (Wildman–Crippen MR) is 174 cm³/mol. The minimum Gasteiger partial charge on any atom is -0.504 e. The van der Waals surface area contributed by atoms with Gasteiger partial charge in [0.15, 0.2) is 82.1 Å². The standard InChI is InChI=1S/C34H26O22/c35-12-1-8(2-13(36)21(12)41)30(47)55-28-27-18(53-34(51)29(28)56-31(48)9-3-14(37)22(42)15(38)4-9)7-52-32(49)10-5-16(39)23(43)25(45)19(10)20-11(33(50)54-27)6-17(40)24(44)26(20)46/h1-6,18,27-29,34-46,51H,7H2. The maximum Gasteiger partial charge on any atom is 0.339 e. The van der Waals surface area contributed by atoms with Gasteiger partial charge in [0.25, 0.3) is 0 Å². The third-order valence-electron chi connectivity index (χ3n) is 8.53. The number of carbonyl (C=O) groups excluding carboxylic acids is 4. The summed E-state index contributed by atoms with van der Waals surface area (Å²) in [5, 5.41) is 133. The van der Waals surface area contributed by atoms with E-state index in [1.807, 2.05) is 0 Å². The molecule has 4 aromatic carbocycles. The highest BCUT2D eigenvalue weighted by molar-refractivity contribution is 6.08. The maximum atomic E-state index is 14.0. The Morgan fingerprint density at radius 3 is 1.38 bits per heavy atom. The average molecular weight is 787 g/mol. The van der Waals surface area contributed by atoms with E-state index in [1.165, 1.54) is 0 Å². The highest BCUT2D eigenvalue weighted by Crippen LogP contribution is 2.53. The van der Waals surface area contributed by atoms with Crippen LogP contribution in [0.15, 0.2) is 36.4 Å². The number of fused-ring (bicyclic) bond motifs is 4. The molecule has 0 spiro atoms. The van der Waals surface area contributed by atoms with Crippen LogP contribution in [-0.4, -0.2) is 128 Å². The van der Waals surface area contributed by atoms with Crippen molar-refractivity contribution >= 4 is 23.9 Å². The van der Waals surface area contributed by atoms with E-state index in [4.69, 9.17) is 23.7 Å². The first-order valence-electron chi connectivity index (χ1n) is 15.5. The number of benzene rings is 4. The summed E-state index contributed by atoms with van der Waals surface area (Å²) >= 11 is 0. The lowest BCUT2D eigenvalue weighted by molar-refractivity contribution is -0.284. The summed E-state index contributed by atoms with van der Waals surface area (Å²) in [4.78, 5) is 54.3. The lowest BCUT2D eigenvalue weighted by Crippen LogP contribution is -2.62. The SMILES string of the molecule is O=C(OC1C(O)OC2COC(=O)c3cc(O)c(O)c(O)c3-c3c(cc(O)c(O)c3O)C(=O)OC2C1OC(=O)c1cc(O)c(O)c(O)c1)c1cc(O)c(O)c(O)c1. The number of esters is 4. The highest BCUT2D eigenvalue weighted by atomic mass is 16.7. The molecule has 2 heterocycles. The van der Waals surface area contributed by atoms with E-state index in [2.05, 4.69) is 0 Å². The van der Waals surface area contributed by atoms with E-state index in [0.717, 1.165) is 0 Å². The van der Waals surface area contributed by atoms with Gasteiger partial charge < -0.3 is 90.1 Å². The number of cyclic esters (lactones) is 1. The van der Waals surface area contributed by atoms with Crippen LogP contribution in [0.4, 0.5) is 0 Å². The van der Waals surface area contributed by atoms with Gasteiger partial charge in [-0.3, -0.25) is 0 Å². The smallest absolute Gasteiger partial charge is 0.339 e. The molecule has 2 aliphatic heterocycles. The second-order valence-corrected chi connectivity index (χ2v) is 12.0. The van der Waals surface area contributed by atoms with E-state index in [-0.39, 0.29) is 0 Å². The second-order valence-electron chi connectivity index (χ2n) is 12.0. The Hall–Kier alpha value is -7.72. The first-order valence-corrected chi connectivity index (χ1v) is 15.5. The van der Waals surface area contributed by atoms with E-state index in [9.17, 15) is 85.6 Å². The number of carbonyl (C=O) groups is 4. The Morgan fingerprint density at radius 2 is 0.929 bits per heavy atom. The van der Waals surface area contributed by atoms with Crippen LogP contribution in [0.3, 0.4) is 0 Å². The molecule has 2 aliphatic rings. The first kappa shape index (κ1) is 38.0. The Balaban J connectivity index is 1.51. The quantitative estimate of drug-likeness (QED) is 0.0768. The molecule has 0 bridgehead atoms. The predicted octanol–water partition coefficient (Wildman–Crippen LogP) is 0.685. The van der Waals surface area contributed by atoms with Crippen LogP contribution in [-0.2, 0) is 23.7 Å². The Morgan fingerprint density at radius 1 is 0.536 bits per heavy atom. The van der Waals surface area contributed by atoms with Gasteiger partial charge >= 0.3 is 23.9 Å². The van der Waals surface area contributed by atoms with Crippen LogP contribution in [0.5, 0.6) is 69.0 Å². The van der Waals surface area contributed by atoms with Crippen molar-refractivity contribution in [3.63, 3.8) is 0 Å². The molecule has 0 saturated carbocycles. The maximum absolute atomic E-state index is 14.0. The summed E-state index contributed by atoms with van der Waals surface area (Å²) < 4.78 is 27.0. The number of hydrogen-bond acceptors (Lipinski definition) is 22. The van der Waals surface area contributed by atoms with Crippen molar-refractivity contribution in [2.75, 3.05) is 6.61 Å². The van der Waals surface area contributed by atoms with Gasteiger partial charge in [-0.15, -0.1) is 0 Å². The highest BCUT2D eigenvalue weighted by Gasteiger charge is 2.53. The fraction of sp³-hybridized carbons (Fsp3) is 0.176. The van der Waals surface area contributed by atoms with Crippen molar-refractivity contribution in [1.29, 1.82) is 0 Å². The number of aliphatic hydroxyl groups excluding tert-OH is 1. The van der Waals surface area contributed by atoms with Crippen LogP contribution >= 0.6 is 0 Å². The lowest BCUT2D eigenvalue weighted by Gasteiger charge is -2.42. The molecular formula is C34H26O22. The number of phenols is 12. The zero-order chi connectivity index (χ0) is 41.1. The van der Waals surface area contributed by atoms with Gasteiger partial charge in [-0.05, 0) is 36.4 Å². The third-order valence-corrected chi connectivity index (χ3v) is 8.53. The zero-order valence-corrected chi connectivity index (χ0v) is 27.5. The molecule has 6 rings (SSSR count). The van der Waals surface area contributed by atoms with Crippen molar-refractivity contribution in [2.24, 2.45) is 0 Å². The molecule has 294 valence electrons. The summed E-state index contributed by atoms with van der Waals surface area (Å²) in [6.07, 6.45) is -11.2. The van der Waals surface area contributed by atoms with E-state index in [0.29, 0.717) is 36.4 Å². The minimum absolute atomic E-state index is 0.459. The fourth-order valence-corrected chi connectivity index (χ4v) is 5.80. The molecule has 0 radical (unpaired) electrons. The summed E-state index contributed by atoms with van der Waals surface area (Å²) in [6, 6.07) is 3.41. The molecule has 1 saturated heterocycles. The van der Waals surface area contributed by atoms with Gasteiger partial charge in [-0.25, -0.2) is 19.2 Å².